The van der Waals surface area contributed by atoms with Gasteiger partial charge >= 0.3 is 0 Å². The maximum atomic E-state index is 10.4. The van der Waals surface area contributed by atoms with E-state index in [0.717, 1.165) is 27.4 Å². The lowest BCUT2D eigenvalue weighted by Gasteiger charge is -2.13. The molecule has 0 aliphatic rings. The number of nitrogens with zero attached hydrogens (tertiary/aromatic N) is 1. The fraction of sp³-hybridized carbons (Fsp3) is 0.267. The Morgan fingerprint density at radius 3 is 2.47 bits per heavy atom. The molecule has 0 amide bonds. The number of halogens is 2. The largest absolute Gasteiger partial charge is 0.382 e. The molecule has 2 aromatic rings. The van der Waals surface area contributed by atoms with E-state index in [4.69, 9.17) is 0 Å². The number of aryl methyl sites for hydroxylation is 1. The Bertz CT molecular complexity index is 555. The average Bonchev–Trinajstić information content (AvgIpc) is 2.39. The first-order valence-corrected chi connectivity index (χ1v) is 7.78. The predicted molar refractivity (Wildman–Crippen MR) is 84.1 cm³/mol. The minimum atomic E-state index is -0.710. The van der Waals surface area contributed by atoms with Crippen molar-refractivity contribution < 1.29 is 5.11 Å². The molecule has 2 nitrogen and oxygen atoms in total. The number of hydrogen-bond donors (Lipinski definition) is 1. The van der Waals surface area contributed by atoms with Crippen LogP contribution in [0.25, 0.3) is 0 Å². The van der Waals surface area contributed by atoms with Gasteiger partial charge in [-0.2, -0.15) is 0 Å². The number of aliphatic hydroxyl groups is 1. The maximum absolute atomic E-state index is 10.4. The van der Waals surface area contributed by atoms with Crippen LogP contribution in [0.5, 0.6) is 0 Å². The lowest BCUT2D eigenvalue weighted by Crippen LogP contribution is -2.03. The molecule has 0 bridgehead atoms. The van der Waals surface area contributed by atoms with Crippen molar-refractivity contribution in [2.45, 2.75) is 25.9 Å². The van der Waals surface area contributed by atoms with E-state index in [2.05, 4.69) is 55.9 Å². The van der Waals surface area contributed by atoms with Crippen LogP contribution >= 0.6 is 31.9 Å². The average molecular weight is 385 g/mol. The first-order chi connectivity index (χ1) is 9.11. The van der Waals surface area contributed by atoms with Gasteiger partial charge in [0.05, 0.1) is 5.69 Å². The maximum Gasteiger partial charge on any atom is 0.122 e. The van der Waals surface area contributed by atoms with Crippen molar-refractivity contribution in [3.05, 3.63) is 62.3 Å². The van der Waals surface area contributed by atoms with E-state index < -0.39 is 6.10 Å². The third-order valence-corrected chi connectivity index (χ3v) is 4.00. The Morgan fingerprint density at radius 1 is 1.21 bits per heavy atom. The zero-order chi connectivity index (χ0) is 13.8. The van der Waals surface area contributed by atoms with Crippen LogP contribution in [0.2, 0.25) is 0 Å². The molecule has 0 fully saturated rings. The molecule has 1 aromatic carbocycles. The molecule has 0 aliphatic heterocycles. The highest BCUT2D eigenvalue weighted by atomic mass is 79.9. The van der Waals surface area contributed by atoms with Gasteiger partial charge in [-0.1, -0.05) is 37.6 Å². The first kappa shape index (κ1) is 14.7. The van der Waals surface area contributed by atoms with Crippen molar-refractivity contribution in [2.75, 3.05) is 0 Å². The number of rotatable bonds is 4. The standard InChI is InChI=1S/C15H15Br2NO/c1-2-3-10-4-6-11(7-5-10)15(19)14-13(17)8-12(16)9-18-14/h4-9,15,19H,2-3H2,1H3. The van der Waals surface area contributed by atoms with Crippen LogP contribution in [0, 0.1) is 0 Å². The Morgan fingerprint density at radius 2 is 1.89 bits per heavy atom. The number of pyridine rings is 1. The molecule has 100 valence electrons. The van der Waals surface area contributed by atoms with Crippen molar-refractivity contribution in [3.8, 4) is 0 Å². The second-order valence-corrected chi connectivity index (χ2v) is 6.18. The van der Waals surface area contributed by atoms with Crippen molar-refractivity contribution in [1.82, 2.24) is 4.98 Å². The summed E-state index contributed by atoms with van der Waals surface area (Å²) in [6, 6.07) is 9.94. The summed E-state index contributed by atoms with van der Waals surface area (Å²) < 4.78 is 1.68. The van der Waals surface area contributed by atoms with E-state index in [1.807, 2.05) is 18.2 Å². The van der Waals surface area contributed by atoms with E-state index in [1.165, 1.54) is 5.56 Å². The summed E-state index contributed by atoms with van der Waals surface area (Å²) in [5.74, 6) is 0. The highest BCUT2D eigenvalue weighted by Gasteiger charge is 2.15. The predicted octanol–water partition coefficient (Wildman–Crippen LogP) is 4.64. The zero-order valence-corrected chi connectivity index (χ0v) is 13.8. The monoisotopic (exact) mass is 383 g/mol. The van der Waals surface area contributed by atoms with Crippen LogP contribution in [-0.2, 0) is 6.42 Å². The van der Waals surface area contributed by atoms with E-state index in [-0.39, 0.29) is 0 Å². The number of aromatic nitrogens is 1. The zero-order valence-electron chi connectivity index (χ0n) is 10.6. The SMILES string of the molecule is CCCc1ccc(C(O)c2ncc(Br)cc2Br)cc1. The topological polar surface area (TPSA) is 33.1 Å². The summed E-state index contributed by atoms with van der Waals surface area (Å²) in [6.07, 6.45) is 3.17. The van der Waals surface area contributed by atoms with Crippen molar-refractivity contribution in [3.63, 3.8) is 0 Å². The van der Waals surface area contributed by atoms with E-state index in [0.29, 0.717) is 5.69 Å². The fourth-order valence-corrected chi connectivity index (χ4v) is 3.14. The van der Waals surface area contributed by atoms with Gasteiger partial charge in [-0.15, -0.1) is 0 Å². The summed E-state index contributed by atoms with van der Waals surface area (Å²) >= 11 is 6.79. The van der Waals surface area contributed by atoms with Crippen LogP contribution < -0.4 is 0 Å². The molecule has 0 saturated heterocycles. The quantitative estimate of drug-likeness (QED) is 0.832. The smallest absolute Gasteiger partial charge is 0.122 e. The summed E-state index contributed by atoms with van der Waals surface area (Å²) in [4.78, 5) is 4.27. The van der Waals surface area contributed by atoms with Gasteiger partial charge in [0.2, 0.25) is 0 Å². The molecule has 1 aromatic heterocycles. The lowest BCUT2D eigenvalue weighted by molar-refractivity contribution is 0.214. The summed E-state index contributed by atoms with van der Waals surface area (Å²) in [5, 5.41) is 10.4. The second-order valence-electron chi connectivity index (χ2n) is 4.41. The van der Waals surface area contributed by atoms with E-state index >= 15 is 0 Å². The van der Waals surface area contributed by atoms with E-state index in [1.54, 1.807) is 6.20 Å². The second kappa shape index (κ2) is 6.64. The van der Waals surface area contributed by atoms with Gasteiger partial charge in [0.15, 0.2) is 0 Å². The van der Waals surface area contributed by atoms with Crippen molar-refractivity contribution in [1.29, 1.82) is 0 Å². The van der Waals surface area contributed by atoms with Crippen LogP contribution in [-0.4, -0.2) is 10.1 Å². The third-order valence-electron chi connectivity index (χ3n) is 2.93. The minimum absolute atomic E-state index is 0.631. The lowest BCUT2D eigenvalue weighted by atomic mass is 10.0. The molecule has 1 heterocycles. The molecular formula is C15H15Br2NO. The normalized spacial score (nSPS) is 12.4. The fourth-order valence-electron chi connectivity index (χ4n) is 1.94. The van der Waals surface area contributed by atoms with Crippen LogP contribution in [0.3, 0.4) is 0 Å². The molecule has 1 unspecified atom stereocenters. The molecule has 0 saturated carbocycles. The van der Waals surface area contributed by atoms with Gasteiger partial charge in [0.25, 0.3) is 0 Å². The molecule has 1 atom stereocenters. The van der Waals surface area contributed by atoms with Gasteiger partial charge in [0.1, 0.15) is 6.10 Å². The van der Waals surface area contributed by atoms with E-state index in [9.17, 15) is 5.11 Å². The highest BCUT2D eigenvalue weighted by molar-refractivity contribution is 9.11. The Kier molecular flexibility index (Phi) is 5.13. The van der Waals surface area contributed by atoms with Gasteiger partial charge in [-0.25, -0.2) is 0 Å². The summed E-state index contributed by atoms with van der Waals surface area (Å²) in [7, 11) is 0. The number of benzene rings is 1. The molecule has 4 heteroatoms. The number of hydrogen-bond acceptors (Lipinski definition) is 2. The minimum Gasteiger partial charge on any atom is -0.382 e. The molecule has 0 spiro atoms. The molecule has 2 rings (SSSR count). The molecule has 0 aliphatic carbocycles. The summed E-state index contributed by atoms with van der Waals surface area (Å²) in [5.41, 5.74) is 2.78. The highest BCUT2D eigenvalue weighted by Crippen LogP contribution is 2.28. The van der Waals surface area contributed by atoms with Gasteiger partial charge < -0.3 is 5.11 Å². The Labute approximate surface area is 130 Å². The molecule has 0 radical (unpaired) electrons. The van der Waals surface area contributed by atoms with Gasteiger partial charge in [-0.3, -0.25) is 4.98 Å². The van der Waals surface area contributed by atoms with Crippen molar-refractivity contribution in [2.24, 2.45) is 0 Å². The Hall–Kier alpha value is -0.710. The third kappa shape index (κ3) is 3.65. The van der Waals surface area contributed by atoms with Gasteiger partial charge in [-0.05, 0) is 55.5 Å². The summed E-state index contributed by atoms with van der Waals surface area (Å²) in [6.45, 7) is 2.16. The first-order valence-electron chi connectivity index (χ1n) is 6.19. The van der Waals surface area contributed by atoms with Crippen LogP contribution in [0.4, 0.5) is 0 Å². The van der Waals surface area contributed by atoms with Crippen LogP contribution in [0.15, 0.2) is 45.5 Å². The number of aliphatic hydroxyl groups excluding tert-OH is 1. The molecule has 19 heavy (non-hydrogen) atoms. The van der Waals surface area contributed by atoms with Gasteiger partial charge in [0, 0.05) is 15.1 Å². The Balaban J connectivity index is 2.25. The van der Waals surface area contributed by atoms with Crippen molar-refractivity contribution >= 4 is 31.9 Å². The molecule has 1 N–H and O–H groups in total. The van der Waals surface area contributed by atoms with Crippen LogP contribution in [0.1, 0.15) is 36.3 Å². The molecular weight excluding hydrogens is 370 g/mol.